The van der Waals surface area contributed by atoms with Crippen LogP contribution in [0.15, 0.2) is 42.2 Å². The van der Waals surface area contributed by atoms with Gasteiger partial charge in [-0.3, -0.25) is 9.59 Å². The quantitative estimate of drug-likeness (QED) is 0.430. The van der Waals surface area contributed by atoms with Gasteiger partial charge in [-0.25, -0.2) is 0 Å². The molecule has 5 nitrogen and oxygen atoms in total. The number of carbonyl (C=O) groups excluding carboxylic acids is 2. The van der Waals surface area contributed by atoms with Gasteiger partial charge < -0.3 is 15.1 Å². The van der Waals surface area contributed by atoms with E-state index in [1.807, 2.05) is 30.4 Å². The molecular formula is C28H43N3O2Si2. The molecule has 2 amide bonds. The van der Waals surface area contributed by atoms with Gasteiger partial charge in [-0.15, -0.1) is 0 Å². The Hall–Kier alpha value is -2.13. The summed E-state index contributed by atoms with van der Waals surface area (Å²) in [5.41, 5.74) is 3.92. The van der Waals surface area contributed by atoms with Crippen molar-refractivity contribution in [2.45, 2.75) is 88.6 Å². The van der Waals surface area contributed by atoms with Gasteiger partial charge in [0.2, 0.25) is 11.8 Å². The van der Waals surface area contributed by atoms with Gasteiger partial charge in [0.15, 0.2) is 0 Å². The first-order chi connectivity index (χ1) is 16.3. The smallest absolute Gasteiger partial charge is 0.250 e. The van der Waals surface area contributed by atoms with Crippen molar-refractivity contribution in [2.24, 2.45) is 0 Å². The number of aryl methyl sites for hydroxylation is 1. The van der Waals surface area contributed by atoms with Gasteiger partial charge in [0.25, 0.3) is 0 Å². The van der Waals surface area contributed by atoms with E-state index in [9.17, 15) is 9.59 Å². The van der Waals surface area contributed by atoms with E-state index < -0.39 is 21.7 Å². The number of hydrogen-bond donors (Lipinski definition) is 1. The lowest BCUT2D eigenvalue weighted by molar-refractivity contribution is -0.155. The van der Waals surface area contributed by atoms with Crippen LogP contribution < -0.4 is 5.32 Å². The molecule has 1 aromatic rings. The Kier molecular flexibility index (Phi) is 6.96. The number of nitrogens with one attached hydrogen (secondary N) is 1. The number of carbonyl (C=O) groups is 2. The molecule has 1 N–H and O–H groups in total. The minimum atomic E-state index is -1.63. The topological polar surface area (TPSA) is 52.7 Å². The average Bonchev–Trinajstić information content (AvgIpc) is 2.77. The second-order valence-electron chi connectivity index (χ2n) is 13.0. The highest BCUT2D eigenvalue weighted by Crippen LogP contribution is 2.37. The van der Waals surface area contributed by atoms with Crippen molar-refractivity contribution in [2.75, 3.05) is 13.6 Å². The molecule has 1 aromatic carbocycles. The second-order valence-corrected chi connectivity index (χ2v) is 24.1. The Bertz CT molecular complexity index is 1050. The molecule has 3 aliphatic rings. The van der Waals surface area contributed by atoms with E-state index in [4.69, 9.17) is 0 Å². The summed E-state index contributed by atoms with van der Waals surface area (Å²) in [7, 11) is -1.33. The zero-order valence-corrected chi connectivity index (χ0v) is 24.7. The maximum absolute atomic E-state index is 14.2. The number of allylic oxidation sites excluding steroid dienone is 1. The number of benzene rings is 1. The summed E-state index contributed by atoms with van der Waals surface area (Å²) in [5, 5.41) is 3.63. The van der Waals surface area contributed by atoms with Crippen molar-refractivity contribution in [1.82, 2.24) is 15.1 Å². The van der Waals surface area contributed by atoms with E-state index in [1.165, 1.54) is 29.5 Å². The molecule has 1 atom stereocenters. The van der Waals surface area contributed by atoms with Crippen LogP contribution in [0, 0.1) is 0 Å². The second kappa shape index (κ2) is 9.39. The third-order valence-electron chi connectivity index (χ3n) is 7.73. The lowest BCUT2D eigenvalue weighted by Crippen LogP contribution is -2.81. The molecule has 0 aromatic heterocycles. The van der Waals surface area contributed by atoms with Gasteiger partial charge in [0.1, 0.15) is 5.54 Å². The van der Waals surface area contributed by atoms with Crippen molar-refractivity contribution in [3.05, 3.63) is 58.9 Å². The SMILES string of the molecule is CN1C=CCC(C(=O)N[C@]2(Cc3cccc4c3CCCC4)CN(C([Si](C)(C)C)[Si](C)(C)C)C2=O)=C1. The van der Waals surface area contributed by atoms with Crippen molar-refractivity contribution >= 4 is 28.0 Å². The molecule has 1 fully saturated rings. The summed E-state index contributed by atoms with van der Waals surface area (Å²) >= 11 is 0. The molecule has 2 heterocycles. The van der Waals surface area contributed by atoms with E-state index in [0.29, 0.717) is 30.2 Å². The van der Waals surface area contributed by atoms with Crippen molar-refractivity contribution in [3.63, 3.8) is 0 Å². The minimum Gasteiger partial charge on any atom is -0.357 e. The van der Waals surface area contributed by atoms with Gasteiger partial charge in [-0.2, -0.15) is 0 Å². The van der Waals surface area contributed by atoms with Gasteiger partial charge in [-0.1, -0.05) is 63.6 Å². The molecule has 0 bridgehead atoms. The molecule has 0 spiro atoms. The standard InChI is InChI=1S/C28H43N3O2Si2/c1-30-17-11-15-23(19-30)25(32)29-28(18-22-14-10-13-21-12-8-9-16-24(21)22)20-31(26(28)33)27(34(2,3)4)35(5,6)7/h10-11,13-14,17,19,27H,8-9,12,15-16,18,20H2,1-7H3,(H,29,32)/t28-/m1/s1. The van der Waals surface area contributed by atoms with Crippen LogP contribution in [0.25, 0.3) is 0 Å². The van der Waals surface area contributed by atoms with Crippen molar-refractivity contribution in [3.8, 4) is 0 Å². The van der Waals surface area contributed by atoms with Crippen LogP contribution in [0.2, 0.25) is 39.3 Å². The minimum absolute atomic E-state index is 0.114. The molecule has 0 saturated carbocycles. The first kappa shape index (κ1) is 26.0. The molecular weight excluding hydrogens is 466 g/mol. The third-order valence-corrected chi connectivity index (χ3v) is 16.8. The fourth-order valence-electron chi connectivity index (χ4n) is 6.81. The zero-order valence-electron chi connectivity index (χ0n) is 22.7. The summed E-state index contributed by atoms with van der Waals surface area (Å²) in [4.78, 5) is 31.7. The maximum atomic E-state index is 14.2. The van der Waals surface area contributed by atoms with E-state index in [2.05, 4.69) is 67.7 Å². The van der Waals surface area contributed by atoms with Crippen LogP contribution in [-0.2, 0) is 28.9 Å². The lowest BCUT2D eigenvalue weighted by Gasteiger charge is -2.58. The Balaban J connectivity index is 1.68. The Labute approximate surface area is 213 Å². The highest BCUT2D eigenvalue weighted by atomic mass is 28.4. The summed E-state index contributed by atoms with van der Waals surface area (Å²) in [6.07, 6.45) is 11.6. The number of fused-ring (bicyclic) bond motifs is 1. The van der Waals surface area contributed by atoms with Gasteiger partial charge in [0, 0.05) is 30.5 Å². The van der Waals surface area contributed by atoms with Crippen LogP contribution in [-0.4, -0.2) is 62.2 Å². The van der Waals surface area contributed by atoms with Crippen LogP contribution in [0.5, 0.6) is 0 Å². The number of amides is 2. The summed E-state index contributed by atoms with van der Waals surface area (Å²) in [6.45, 7) is 14.9. The lowest BCUT2D eigenvalue weighted by atomic mass is 9.78. The molecule has 7 heteroatoms. The fourth-order valence-corrected chi connectivity index (χ4v) is 19.5. The predicted octanol–water partition coefficient (Wildman–Crippen LogP) is 4.66. The number of β-lactam (4-membered cyclic amide) rings is 1. The van der Waals surface area contributed by atoms with E-state index >= 15 is 0 Å². The predicted molar refractivity (Wildman–Crippen MR) is 149 cm³/mol. The van der Waals surface area contributed by atoms with Crippen LogP contribution in [0.4, 0.5) is 0 Å². The third kappa shape index (κ3) is 5.21. The van der Waals surface area contributed by atoms with Crippen molar-refractivity contribution < 1.29 is 9.59 Å². The Morgan fingerprint density at radius 1 is 1.09 bits per heavy atom. The number of rotatable bonds is 7. The molecule has 4 rings (SSSR count). The molecule has 0 unspecified atom stereocenters. The fraction of sp³-hybridized carbons (Fsp3) is 0.571. The molecule has 35 heavy (non-hydrogen) atoms. The monoisotopic (exact) mass is 509 g/mol. The van der Waals surface area contributed by atoms with E-state index in [0.717, 1.165) is 12.8 Å². The average molecular weight is 510 g/mol. The molecule has 190 valence electrons. The molecule has 1 aliphatic carbocycles. The van der Waals surface area contributed by atoms with Gasteiger partial charge in [0.05, 0.1) is 22.7 Å². The van der Waals surface area contributed by atoms with Gasteiger partial charge in [-0.05, 0) is 55.0 Å². The Morgan fingerprint density at radius 3 is 2.40 bits per heavy atom. The molecule has 2 aliphatic heterocycles. The first-order valence-electron chi connectivity index (χ1n) is 13.1. The molecule has 1 saturated heterocycles. The van der Waals surface area contributed by atoms with E-state index in [1.54, 1.807) is 0 Å². The van der Waals surface area contributed by atoms with E-state index in [-0.39, 0.29) is 11.8 Å². The van der Waals surface area contributed by atoms with Crippen LogP contribution >= 0.6 is 0 Å². The zero-order chi connectivity index (χ0) is 25.6. The van der Waals surface area contributed by atoms with Gasteiger partial charge >= 0.3 is 0 Å². The highest BCUT2D eigenvalue weighted by Gasteiger charge is 2.59. The number of likely N-dealkylation sites (tertiary alicyclic amines) is 1. The van der Waals surface area contributed by atoms with Crippen LogP contribution in [0.3, 0.4) is 0 Å². The highest BCUT2D eigenvalue weighted by molar-refractivity contribution is 6.96. The summed E-state index contributed by atoms with van der Waals surface area (Å²) in [5.74, 6) is 0.00553. The number of hydrogen-bond acceptors (Lipinski definition) is 3. The Morgan fingerprint density at radius 2 is 1.77 bits per heavy atom. The summed E-state index contributed by atoms with van der Waals surface area (Å²) < 4.78 is 0. The largest absolute Gasteiger partial charge is 0.357 e. The normalized spacial score (nSPS) is 22.6. The first-order valence-corrected chi connectivity index (χ1v) is 20.3. The number of nitrogens with zero attached hydrogens (tertiary/aromatic N) is 2. The maximum Gasteiger partial charge on any atom is 0.250 e. The summed E-state index contributed by atoms with van der Waals surface area (Å²) in [6, 6.07) is 6.55. The molecule has 0 radical (unpaired) electrons. The van der Waals surface area contributed by atoms with Crippen molar-refractivity contribution in [1.29, 1.82) is 0 Å². The van der Waals surface area contributed by atoms with Crippen LogP contribution in [0.1, 0.15) is 36.0 Å².